The Kier molecular flexibility index (Phi) is 6.05. The van der Waals surface area contributed by atoms with E-state index in [0.29, 0.717) is 12.2 Å². The van der Waals surface area contributed by atoms with Gasteiger partial charge in [0, 0.05) is 12.1 Å². The molecule has 0 unspecified atom stereocenters. The molecule has 0 aliphatic carbocycles. The average Bonchev–Trinajstić information content (AvgIpc) is 3.20. The number of carbonyl (C=O) groups excluding carboxylic acids is 1. The Bertz CT molecular complexity index is 984. The summed E-state index contributed by atoms with van der Waals surface area (Å²) in [6.07, 6.45) is 2.11. The van der Waals surface area contributed by atoms with Crippen LogP contribution in [0.1, 0.15) is 21.7 Å². The molecule has 3 aromatic rings. The summed E-state index contributed by atoms with van der Waals surface area (Å²) >= 11 is 0. The zero-order valence-corrected chi connectivity index (χ0v) is 15.4. The zero-order valence-electron chi connectivity index (χ0n) is 14.6. The zero-order chi connectivity index (χ0) is 19.1. The molecule has 0 fully saturated rings. The van der Waals surface area contributed by atoms with Gasteiger partial charge >= 0.3 is 0 Å². The molecule has 0 radical (unpaired) electrons. The van der Waals surface area contributed by atoms with Gasteiger partial charge in [0.05, 0.1) is 17.7 Å². The molecule has 2 aromatic carbocycles. The van der Waals surface area contributed by atoms with E-state index in [9.17, 15) is 13.2 Å². The largest absolute Gasteiger partial charge is 0.467 e. The van der Waals surface area contributed by atoms with E-state index < -0.39 is 10.0 Å². The van der Waals surface area contributed by atoms with Gasteiger partial charge in [-0.25, -0.2) is 13.1 Å². The quantitative estimate of drug-likeness (QED) is 0.625. The topological polar surface area (TPSA) is 88.4 Å². The number of hydrogen-bond donors (Lipinski definition) is 2. The van der Waals surface area contributed by atoms with Gasteiger partial charge in [0.1, 0.15) is 5.76 Å². The Hall–Kier alpha value is -2.90. The van der Waals surface area contributed by atoms with Crippen molar-refractivity contribution in [2.45, 2.75) is 17.9 Å². The van der Waals surface area contributed by atoms with E-state index in [1.54, 1.807) is 24.3 Å². The molecular weight excluding hydrogens is 364 g/mol. The van der Waals surface area contributed by atoms with E-state index in [1.165, 1.54) is 18.4 Å². The van der Waals surface area contributed by atoms with Crippen molar-refractivity contribution in [2.24, 2.45) is 0 Å². The van der Waals surface area contributed by atoms with Crippen LogP contribution in [0.5, 0.6) is 0 Å². The number of amides is 1. The van der Waals surface area contributed by atoms with Gasteiger partial charge in [0.2, 0.25) is 10.0 Å². The first-order valence-electron chi connectivity index (χ1n) is 8.49. The highest BCUT2D eigenvalue weighted by atomic mass is 32.2. The first kappa shape index (κ1) is 18.9. The molecule has 0 bridgehead atoms. The van der Waals surface area contributed by atoms with Crippen LogP contribution in [0.3, 0.4) is 0 Å². The fourth-order valence-electron chi connectivity index (χ4n) is 2.54. The lowest BCUT2D eigenvalue weighted by Gasteiger charge is -2.09. The summed E-state index contributed by atoms with van der Waals surface area (Å²) in [6.45, 7) is 0.513. The molecule has 27 heavy (non-hydrogen) atoms. The number of sulfonamides is 1. The van der Waals surface area contributed by atoms with Gasteiger partial charge in [-0.2, -0.15) is 0 Å². The third-order valence-electron chi connectivity index (χ3n) is 3.96. The maximum Gasteiger partial charge on any atom is 0.251 e. The summed E-state index contributed by atoms with van der Waals surface area (Å²) in [5.41, 5.74) is 1.32. The normalized spacial score (nSPS) is 11.3. The van der Waals surface area contributed by atoms with Crippen molar-refractivity contribution in [1.29, 1.82) is 0 Å². The smallest absolute Gasteiger partial charge is 0.251 e. The third-order valence-corrected chi connectivity index (χ3v) is 5.42. The molecule has 3 rings (SSSR count). The molecule has 0 saturated heterocycles. The van der Waals surface area contributed by atoms with Crippen molar-refractivity contribution in [1.82, 2.24) is 10.0 Å². The summed E-state index contributed by atoms with van der Waals surface area (Å²) in [5.74, 6) is 0.252. The molecule has 1 aromatic heterocycles. The Balaban J connectivity index is 1.61. The van der Waals surface area contributed by atoms with Gasteiger partial charge in [-0.15, -0.1) is 0 Å². The van der Waals surface area contributed by atoms with Crippen LogP contribution in [0.4, 0.5) is 0 Å². The predicted octanol–water partition coefficient (Wildman–Crippen LogP) is 2.73. The third kappa shape index (κ3) is 5.29. The number of nitrogens with one attached hydrogen (secondary N) is 2. The Morgan fingerprint density at radius 3 is 2.52 bits per heavy atom. The van der Waals surface area contributed by atoms with Crippen LogP contribution < -0.4 is 10.0 Å². The van der Waals surface area contributed by atoms with Crippen LogP contribution in [0.25, 0.3) is 0 Å². The van der Waals surface area contributed by atoms with Crippen molar-refractivity contribution < 1.29 is 17.6 Å². The molecule has 2 N–H and O–H groups in total. The molecule has 7 heteroatoms. The van der Waals surface area contributed by atoms with E-state index in [1.807, 2.05) is 30.3 Å². The van der Waals surface area contributed by atoms with E-state index in [2.05, 4.69) is 10.0 Å². The average molecular weight is 384 g/mol. The summed E-state index contributed by atoms with van der Waals surface area (Å²) in [5, 5.41) is 2.70. The number of carbonyl (C=O) groups is 1. The minimum absolute atomic E-state index is 0.0567. The van der Waals surface area contributed by atoms with E-state index in [0.717, 1.165) is 5.56 Å². The molecule has 0 spiro atoms. The van der Waals surface area contributed by atoms with E-state index in [-0.39, 0.29) is 29.5 Å². The lowest BCUT2D eigenvalue weighted by Crippen LogP contribution is -2.27. The van der Waals surface area contributed by atoms with Crippen molar-refractivity contribution in [3.05, 3.63) is 89.9 Å². The van der Waals surface area contributed by atoms with E-state index >= 15 is 0 Å². The molecule has 6 nitrogen and oxygen atoms in total. The molecule has 0 atom stereocenters. The molecule has 0 aliphatic heterocycles. The number of rotatable bonds is 8. The van der Waals surface area contributed by atoms with Gasteiger partial charge in [0.25, 0.3) is 5.91 Å². The molecular formula is C20H20N2O4S. The van der Waals surface area contributed by atoms with Crippen molar-refractivity contribution in [3.63, 3.8) is 0 Å². The summed E-state index contributed by atoms with van der Waals surface area (Å²) < 4.78 is 32.7. The number of benzene rings is 2. The highest BCUT2D eigenvalue weighted by Crippen LogP contribution is 2.12. The fourth-order valence-corrected chi connectivity index (χ4v) is 3.62. The second-order valence-corrected chi connectivity index (χ2v) is 7.69. The highest BCUT2D eigenvalue weighted by molar-refractivity contribution is 7.89. The standard InChI is InChI=1S/C20H20N2O4S/c23-20(21-15-18-9-5-13-26-18)17-8-4-10-19(14-17)27(24,25)22-12-11-16-6-2-1-3-7-16/h1-10,13-14,22H,11-12,15H2,(H,21,23). The monoisotopic (exact) mass is 384 g/mol. The lowest BCUT2D eigenvalue weighted by atomic mass is 10.2. The Morgan fingerprint density at radius 1 is 0.963 bits per heavy atom. The highest BCUT2D eigenvalue weighted by Gasteiger charge is 2.16. The second kappa shape index (κ2) is 8.66. The summed E-state index contributed by atoms with van der Waals surface area (Å²) in [4.78, 5) is 12.3. The lowest BCUT2D eigenvalue weighted by molar-refractivity contribution is 0.0948. The first-order chi connectivity index (χ1) is 13.0. The first-order valence-corrected chi connectivity index (χ1v) is 9.97. The maximum absolute atomic E-state index is 12.5. The molecule has 0 aliphatic rings. The summed E-state index contributed by atoms with van der Waals surface area (Å²) in [6, 6.07) is 19.0. The molecule has 1 amide bonds. The van der Waals surface area contributed by atoms with Crippen LogP contribution in [0.2, 0.25) is 0 Å². The van der Waals surface area contributed by atoms with Gasteiger partial charge in [-0.3, -0.25) is 4.79 Å². The van der Waals surface area contributed by atoms with Crippen LogP contribution in [-0.2, 0) is 23.0 Å². The van der Waals surface area contributed by atoms with Crippen LogP contribution in [0, 0.1) is 0 Å². The number of hydrogen-bond acceptors (Lipinski definition) is 4. The maximum atomic E-state index is 12.5. The SMILES string of the molecule is O=C(NCc1ccco1)c1cccc(S(=O)(=O)NCCc2ccccc2)c1. The van der Waals surface area contributed by atoms with E-state index in [4.69, 9.17) is 4.42 Å². The Labute approximate surface area is 158 Å². The van der Waals surface area contributed by atoms with Crippen LogP contribution in [-0.4, -0.2) is 20.9 Å². The molecule has 1 heterocycles. The Morgan fingerprint density at radius 2 is 1.78 bits per heavy atom. The minimum Gasteiger partial charge on any atom is -0.467 e. The van der Waals surface area contributed by atoms with Gasteiger partial charge in [-0.1, -0.05) is 36.4 Å². The minimum atomic E-state index is -3.69. The van der Waals surface area contributed by atoms with Gasteiger partial charge in [0.15, 0.2) is 0 Å². The second-order valence-electron chi connectivity index (χ2n) is 5.92. The van der Waals surface area contributed by atoms with Crippen LogP contribution >= 0.6 is 0 Å². The van der Waals surface area contributed by atoms with Crippen molar-refractivity contribution in [2.75, 3.05) is 6.54 Å². The molecule has 140 valence electrons. The predicted molar refractivity (Wildman–Crippen MR) is 102 cm³/mol. The molecule has 0 saturated carbocycles. The van der Waals surface area contributed by atoms with Gasteiger partial charge < -0.3 is 9.73 Å². The van der Waals surface area contributed by atoms with Crippen LogP contribution in [0.15, 0.2) is 82.3 Å². The van der Waals surface area contributed by atoms with Gasteiger partial charge in [-0.05, 0) is 42.3 Å². The summed E-state index contributed by atoms with van der Waals surface area (Å²) in [7, 11) is -3.69. The van der Waals surface area contributed by atoms with Crippen molar-refractivity contribution in [3.8, 4) is 0 Å². The number of furan rings is 1. The van der Waals surface area contributed by atoms with Crippen molar-refractivity contribution >= 4 is 15.9 Å². The fraction of sp³-hybridized carbons (Fsp3) is 0.150.